The van der Waals surface area contributed by atoms with E-state index in [2.05, 4.69) is 0 Å². The van der Waals surface area contributed by atoms with Gasteiger partial charge in [-0.25, -0.2) is 0 Å². The zero-order chi connectivity index (χ0) is 15.0. The molecule has 0 radical (unpaired) electrons. The fraction of sp³-hybridized carbons (Fsp3) is 0.500. The van der Waals surface area contributed by atoms with Gasteiger partial charge in [-0.3, -0.25) is 4.79 Å². The molecule has 1 aliphatic carbocycles. The van der Waals surface area contributed by atoms with Gasteiger partial charge in [0.2, 0.25) is 0 Å². The molecule has 3 nitrogen and oxygen atoms in total. The van der Waals surface area contributed by atoms with E-state index in [0.717, 1.165) is 30.7 Å². The molecule has 0 amide bonds. The first kappa shape index (κ1) is 14.8. The van der Waals surface area contributed by atoms with Crippen LogP contribution in [0.3, 0.4) is 0 Å². The summed E-state index contributed by atoms with van der Waals surface area (Å²) in [6.07, 6.45) is -3.62. The lowest BCUT2D eigenvalue weighted by Crippen LogP contribution is -2.48. The molecule has 1 aliphatic rings. The van der Waals surface area contributed by atoms with Gasteiger partial charge in [0.05, 0.1) is 11.7 Å². The van der Waals surface area contributed by atoms with Crippen molar-refractivity contribution in [3.8, 4) is 0 Å². The summed E-state index contributed by atoms with van der Waals surface area (Å²) in [5.41, 5.74) is -2.10. The van der Waals surface area contributed by atoms with Crippen molar-refractivity contribution in [3.63, 3.8) is 0 Å². The number of carboxylic acids is 1. The highest BCUT2D eigenvalue weighted by Gasteiger charge is 2.48. The van der Waals surface area contributed by atoms with Crippen LogP contribution in [0.15, 0.2) is 24.3 Å². The largest absolute Gasteiger partial charge is 0.481 e. The third-order valence-corrected chi connectivity index (χ3v) is 3.98. The number of hydrogen-bond donors (Lipinski definition) is 2. The summed E-state index contributed by atoms with van der Waals surface area (Å²) in [4.78, 5) is 11.6. The van der Waals surface area contributed by atoms with Crippen LogP contribution in [0.4, 0.5) is 13.2 Å². The summed E-state index contributed by atoms with van der Waals surface area (Å²) in [5, 5.41) is 19.5. The fourth-order valence-electron chi connectivity index (χ4n) is 2.82. The molecule has 2 rings (SSSR count). The second-order valence-corrected chi connectivity index (χ2v) is 5.11. The highest BCUT2D eigenvalue weighted by molar-refractivity contribution is 5.82. The zero-order valence-corrected chi connectivity index (χ0v) is 10.7. The molecule has 1 aromatic carbocycles. The van der Waals surface area contributed by atoms with Crippen molar-refractivity contribution in [1.82, 2.24) is 0 Å². The number of aliphatic hydroxyl groups excluding tert-OH is 1. The van der Waals surface area contributed by atoms with E-state index >= 15 is 0 Å². The van der Waals surface area contributed by atoms with Crippen LogP contribution in [-0.4, -0.2) is 22.3 Å². The van der Waals surface area contributed by atoms with Gasteiger partial charge in [0.15, 0.2) is 0 Å². The van der Waals surface area contributed by atoms with Crippen LogP contribution in [0.1, 0.15) is 36.8 Å². The number of rotatable bonds is 2. The predicted octanol–water partition coefficient (Wildman–Crippen LogP) is 2.96. The third-order valence-electron chi connectivity index (χ3n) is 3.98. The van der Waals surface area contributed by atoms with Crippen molar-refractivity contribution in [3.05, 3.63) is 35.4 Å². The minimum Gasteiger partial charge on any atom is -0.481 e. The second kappa shape index (κ2) is 5.09. The summed E-state index contributed by atoms with van der Waals surface area (Å²) >= 11 is 0. The van der Waals surface area contributed by atoms with Crippen LogP contribution in [0, 0.1) is 0 Å². The van der Waals surface area contributed by atoms with Crippen LogP contribution >= 0.6 is 0 Å². The summed E-state index contributed by atoms with van der Waals surface area (Å²) in [5.74, 6) is -1.19. The molecule has 2 N–H and O–H groups in total. The molecular weight excluding hydrogens is 273 g/mol. The quantitative estimate of drug-likeness (QED) is 0.879. The Hall–Kier alpha value is -1.56. The van der Waals surface area contributed by atoms with Crippen LogP contribution in [0.25, 0.3) is 0 Å². The number of aliphatic carboxylic acids is 1. The highest BCUT2D eigenvalue weighted by atomic mass is 19.4. The lowest BCUT2D eigenvalue weighted by Gasteiger charge is -2.38. The second-order valence-electron chi connectivity index (χ2n) is 5.11. The molecule has 2 atom stereocenters. The fourth-order valence-corrected chi connectivity index (χ4v) is 2.82. The maximum atomic E-state index is 12.5. The third kappa shape index (κ3) is 2.40. The van der Waals surface area contributed by atoms with Crippen LogP contribution in [0.2, 0.25) is 0 Å². The Morgan fingerprint density at radius 2 is 1.80 bits per heavy atom. The van der Waals surface area contributed by atoms with Gasteiger partial charge < -0.3 is 10.2 Å². The predicted molar refractivity (Wildman–Crippen MR) is 65.2 cm³/mol. The molecule has 0 aliphatic heterocycles. The van der Waals surface area contributed by atoms with Gasteiger partial charge in [-0.1, -0.05) is 25.0 Å². The van der Waals surface area contributed by atoms with E-state index in [1.165, 1.54) is 0 Å². The van der Waals surface area contributed by atoms with Gasteiger partial charge in [0.1, 0.15) is 5.41 Å². The van der Waals surface area contributed by atoms with Gasteiger partial charge in [-0.05, 0) is 30.5 Å². The van der Waals surface area contributed by atoms with Gasteiger partial charge in [0.25, 0.3) is 0 Å². The van der Waals surface area contributed by atoms with Crippen molar-refractivity contribution in [2.24, 2.45) is 0 Å². The van der Waals surface area contributed by atoms with Gasteiger partial charge in [-0.2, -0.15) is 13.2 Å². The number of alkyl halides is 3. The van der Waals surface area contributed by atoms with Crippen molar-refractivity contribution in [2.75, 3.05) is 0 Å². The molecule has 0 heterocycles. The lowest BCUT2D eigenvalue weighted by atomic mass is 9.67. The SMILES string of the molecule is O=C(O)[C@@]1(c2ccc(C(F)(F)F)cc2)CCCC[C@H]1O. The van der Waals surface area contributed by atoms with Gasteiger partial charge in [-0.15, -0.1) is 0 Å². The molecule has 20 heavy (non-hydrogen) atoms. The molecule has 110 valence electrons. The minimum atomic E-state index is -4.46. The van der Waals surface area contributed by atoms with E-state index in [1.807, 2.05) is 0 Å². The molecule has 1 aromatic rings. The van der Waals surface area contributed by atoms with Crippen molar-refractivity contribution in [2.45, 2.75) is 43.4 Å². The van der Waals surface area contributed by atoms with Crippen LogP contribution in [0.5, 0.6) is 0 Å². The maximum Gasteiger partial charge on any atom is 0.416 e. The Morgan fingerprint density at radius 3 is 2.25 bits per heavy atom. The standard InChI is InChI=1S/C14H15F3O3/c15-14(16,17)10-6-4-9(5-7-10)13(12(19)20)8-2-1-3-11(13)18/h4-7,11,18H,1-3,8H2,(H,19,20)/t11-,13-/m1/s1. The molecule has 1 fully saturated rings. The Labute approximate surface area is 114 Å². The van der Waals surface area contributed by atoms with Crippen molar-refractivity contribution < 1.29 is 28.2 Å². The van der Waals surface area contributed by atoms with E-state index in [-0.39, 0.29) is 12.0 Å². The molecule has 0 spiro atoms. The molecule has 0 saturated heterocycles. The smallest absolute Gasteiger partial charge is 0.416 e. The summed E-state index contributed by atoms with van der Waals surface area (Å²) in [6, 6.07) is 4.04. The molecule has 0 aromatic heterocycles. The molecule has 0 bridgehead atoms. The summed E-state index contributed by atoms with van der Waals surface area (Å²) < 4.78 is 37.6. The number of carbonyl (C=O) groups is 1. The summed E-state index contributed by atoms with van der Waals surface area (Å²) in [6.45, 7) is 0. The first-order chi connectivity index (χ1) is 9.28. The first-order valence-electron chi connectivity index (χ1n) is 6.37. The monoisotopic (exact) mass is 288 g/mol. The van der Waals surface area contributed by atoms with E-state index < -0.39 is 29.2 Å². The van der Waals surface area contributed by atoms with E-state index in [1.54, 1.807) is 0 Å². The van der Waals surface area contributed by atoms with Gasteiger partial charge in [0, 0.05) is 0 Å². The van der Waals surface area contributed by atoms with E-state index in [0.29, 0.717) is 12.8 Å². The molecule has 6 heteroatoms. The number of halogens is 3. The molecule has 1 saturated carbocycles. The summed E-state index contributed by atoms with van der Waals surface area (Å²) in [7, 11) is 0. The Balaban J connectivity index is 2.43. The van der Waals surface area contributed by atoms with Crippen LogP contribution in [-0.2, 0) is 16.4 Å². The highest BCUT2D eigenvalue weighted by Crippen LogP contribution is 2.41. The average Bonchev–Trinajstić information content (AvgIpc) is 2.38. The lowest BCUT2D eigenvalue weighted by molar-refractivity contribution is -0.151. The zero-order valence-electron chi connectivity index (χ0n) is 10.7. The Bertz CT molecular complexity index is 495. The van der Waals surface area contributed by atoms with Crippen LogP contribution < -0.4 is 0 Å². The minimum absolute atomic E-state index is 0.227. The van der Waals surface area contributed by atoms with Crippen molar-refractivity contribution in [1.29, 1.82) is 0 Å². The van der Waals surface area contributed by atoms with Gasteiger partial charge >= 0.3 is 12.1 Å². The topological polar surface area (TPSA) is 57.5 Å². The average molecular weight is 288 g/mol. The maximum absolute atomic E-state index is 12.5. The van der Waals surface area contributed by atoms with Crippen molar-refractivity contribution >= 4 is 5.97 Å². The Kier molecular flexibility index (Phi) is 3.77. The first-order valence-corrected chi connectivity index (χ1v) is 6.37. The Morgan fingerprint density at radius 1 is 1.20 bits per heavy atom. The number of carboxylic acid groups (broad SMARTS) is 1. The van der Waals surface area contributed by atoms with E-state index in [4.69, 9.17) is 0 Å². The number of benzene rings is 1. The molecule has 0 unspecified atom stereocenters. The number of aliphatic hydroxyl groups is 1. The van der Waals surface area contributed by atoms with E-state index in [9.17, 15) is 28.2 Å². The number of hydrogen-bond acceptors (Lipinski definition) is 2. The molecular formula is C14H15F3O3. The normalized spacial score (nSPS) is 27.3.